The van der Waals surface area contributed by atoms with Gasteiger partial charge in [0, 0.05) is 12.2 Å². The molecule has 11 nitrogen and oxygen atoms in total. The van der Waals surface area contributed by atoms with E-state index in [0.29, 0.717) is 24.0 Å². The molecule has 4 heterocycles. The number of aliphatic hydroxyl groups is 1. The van der Waals surface area contributed by atoms with Crippen molar-refractivity contribution in [3.05, 3.63) is 64.7 Å². The number of hydrogen-bond acceptors (Lipinski definition) is 8. The molecular formula is C25H25FN4O7S2. The number of rotatable bonds is 5. The number of aliphatic hydroxyl groups excluding tert-OH is 1. The number of carbonyl (C=O) groups excluding carboxylic acids is 1. The molecule has 0 radical (unpaired) electrons. The maximum Gasteiger partial charge on any atom is 0.286 e. The molecule has 39 heavy (non-hydrogen) atoms. The van der Waals surface area contributed by atoms with Gasteiger partial charge in [0.2, 0.25) is 10.0 Å². The Morgan fingerprint density at radius 2 is 1.95 bits per heavy atom. The van der Waals surface area contributed by atoms with Gasteiger partial charge in [0.15, 0.2) is 5.84 Å². The molecule has 206 valence electrons. The minimum absolute atomic E-state index is 0.0267. The number of nitrogens with zero attached hydrogens (tertiary/aromatic N) is 2. The molecule has 4 aliphatic rings. The molecule has 1 amide bonds. The number of carbonyl (C=O) groups is 1. The normalized spacial score (nSPS) is 27.1. The highest BCUT2D eigenvalue weighted by molar-refractivity contribution is 7.92. The van der Waals surface area contributed by atoms with Crippen LogP contribution in [0.2, 0.25) is 0 Å². The Hall–Kier alpha value is -3.49. The quantitative estimate of drug-likeness (QED) is 0.490. The smallest absolute Gasteiger partial charge is 0.286 e. The first-order chi connectivity index (χ1) is 18.3. The summed E-state index contributed by atoms with van der Waals surface area (Å²) in [6.45, 7) is 1.72. The van der Waals surface area contributed by atoms with Crippen LogP contribution in [0.5, 0.6) is 0 Å². The fourth-order valence-corrected chi connectivity index (χ4v) is 7.59. The number of benzene rings is 2. The fraction of sp³-hybridized carbons (Fsp3) is 0.360. The number of ether oxygens (including phenoxy) is 1. The Labute approximate surface area is 224 Å². The lowest BCUT2D eigenvalue weighted by Crippen LogP contribution is -2.55. The average molecular weight is 577 g/mol. The fourth-order valence-electron chi connectivity index (χ4n) is 5.89. The lowest BCUT2D eigenvalue weighted by atomic mass is 9.77. The number of nitrogens with one attached hydrogen (secondary N) is 2. The highest BCUT2D eigenvalue weighted by Gasteiger charge is 2.58. The van der Waals surface area contributed by atoms with E-state index in [1.165, 1.54) is 18.2 Å². The van der Waals surface area contributed by atoms with Gasteiger partial charge in [-0.05, 0) is 55.2 Å². The molecule has 0 saturated carbocycles. The summed E-state index contributed by atoms with van der Waals surface area (Å²) in [5.41, 5.74) is 0.908. The molecule has 2 aromatic carbocycles. The van der Waals surface area contributed by atoms with Gasteiger partial charge in [-0.3, -0.25) is 9.52 Å². The molecule has 4 atom stereocenters. The number of amidine groups is 1. The molecule has 14 heteroatoms. The standard InChI is InChI=1S/C25H25FN4O7S2/c1-12-9-13(3-5-15(12)26)11-30-22-18-8-7-17(37-18)20(22)23(31)21(25(30)32)24-27-16-6-4-14(28-38(2,33)34)10-19(16)39(35,36)29-24/h3-6,9-10,17-18,20,22,28,31H,7-8,11H2,1-2H3,(H,27,29). The minimum Gasteiger partial charge on any atom is -0.511 e. The number of fused-ring (bicyclic) bond motifs is 6. The molecular weight excluding hydrogens is 551 g/mol. The van der Waals surface area contributed by atoms with E-state index in [4.69, 9.17) is 4.74 Å². The summed E-state index contributed by atoms with van der Waals surface area (Å²) in [4.78, 5) is 15.2. The number of anilines is 2. The zero-order valence-electron chi connectivity index (χ0n) is 20.9. The molecule has 4 unspecified atom stereocenters. The minimum atomic E-state index is -4.38. The Morgan fingerprint density at radius 1 is 1.21 bits per heavy atom. The third-order valence-electron chi connectivity index (χ3n) is 7.48. The maximum atomic E-state index is 13.9. The predicted octanol–water partition coefficient (Wildman–Crippen LogP) is 2.42. The van der Waals surface area contributed by atoms with Crippen LogP contribution in [0.15, 0.2) is 57.0 Å². The summed E-state index contributed by atoms with van der Waals surface area (Å²) in [6.07, 6.45) is 1.69. The molecule has 0 aliphatic carbocycles. The molecule has 2 saturated heterocycles. The van der Waals surface area contributed by atoms with Crippen LogP contribution >= 0.6 is 0 Å². The molecule has 2 fully saturated rings. The summed E-state index contributed by atoms with van der Waals surface area (Å²) in [5, 5.41) is 14.2. The van der Waals surface area contributed by atoms with Crippen LogP contribution in [0.3, 0.4) is 0 Å². The van der Waals surface area contributed by atoms with Crippen molar-refractivity contribution in [1.29, 1.82) is 0 Å². The molecule has 2 aromatic rings. The van der Waals surface area contributed by atoms with E-state index in [1.807, 2.05) is 0 Å². The monoisotopic (exact) mass is 576 g/mol. The Morgan fingerprint density at radius 3 is 2.67 bits per heavy atom. The van der Waals surface area contributed by atoms with Gasteiger partial charge in [0.05, 0.1) is 36.1 Å². The summed E-state index contributed by atoms with van der Waals surface area (Å²) in [6, 6.07) is 7.92. The van der Waals surface area contributed by atoms with E-state index in [0.717, 1.165) is 12.3 Å². The van der Waals surface area contributed by atoms with Crippen molar-refractivity contribution >= 4 is 43.2 Å². The van der Waals surface area contributed by atoms with Crippen LogP contribution in [0.4, 0.5) is 15.8 Å². The van der Waals surface area contributed by atoms with Crippen LogP contribution < -0.4 is 10.0 Å². The molecule has 0 spiro atoms. The summed E-state index contributed by atoms with van der Waals surface area (Å²) in [5.74, 6) is -2.21. The van der Waals surface area contributed by atoms with Gasteiger partial charge in [-0.15, -0.1) is 4.40 Å². The number of hydrogen-bond donors (Lipinski definition) is 3. The second-order valence-corrected chi connectivity index (χ2v) is 13.5. The van der Waals surface area contributed by atoms with Gasteiger partial charge < -0.3 is 20.1 Å². The molecule has 2 bridgehead atoms. The van der Waals surface area contributed by atoms with Crippen LogP contribution in [0, 0.1) is 18.7 Å². The van der Waals surface area contributed by atoms with E-state index in [-0.39, 0.29) is 58.0 Å². The van der Waals surface area contributed by atoms with Crippen LogP contribution in [0.25, 0.3) is 0 Å². The van der Waals surface area contributed by atoms with E-state index < -0.39 is 37.9 Å². The first-order valence-electron chi connectivity index (χ1n) is 12.2. The Bertz CT molecular complexity index is 1700. The lowest BCUT2D eigenvalue weighted by molar-refractivity contribution is -0.133. The van der Waals surface area contributed by atoms with Crippen molar-refractivity contribution in [3.8, 4) is 0 Å². The summed E-state index contributed by atoms with van der Waals surface area (Å²) < 4.78 is 75.5. The average Bonchev–Trinajstić information content (AvgIpc) is 3.46. The Kier molecular flexibility index (Phi) is 5.79. The van der Waals surface area contributed by atoms with E-state index in [2.05, 4.69) is 14.4 Å². The summed E-state index contributed by atoms with van der Waals surface area (Å²) >= 11 is 0. The largest absolute Gasteiger partial charge is 0.511 e. The van der Waals surface area contributed by atoms with E-state index >= 15 is 0 Å². The van der Waals surface area contributed by atoms with Crippen molar-refractivity contribution in [1.82, 2.24) is 4.90 Å². The van der Waals surface area contributed by atoms with Crippen molar-refractivity contribution in [2.24, 2.45) is 10.3 Å². The lowest BCUT2D eigenvalue weighted by Gasteiger charge is -2.42. The highest BCUT2D eigenvalue weighted by Crippen LogP contribution is 2.48. The van der Waals surface area contributed by atoms with Gasteiger partial charge in [0.1, 0.15) is 22.0 Å². The predicted molar refractivity (Wildman–Crippen MR) is 140 cm³/mol. The first-order valence-corrected chi connectivity index (χ1v) is 15.5. The topological polar surface area (TPSA) is 154 Å². The first kappa shape index (κ1) is 25.8. The van der Waals surface area contributed by atoms with Crippen molar-refractivity contribution in [3.63, 3.8) is 0 Å². The number of sulfonamides is 2. The van der Waals surface area contributed by atoms with Crippen LogP contribution in [-0.2, 0) is 36.1 Å². The van der Waals surface area contributed by atoms with Crippen molar-refractivity contribution in [2.75, 3.05) is 16.3 Å². The molecule has 0 aromatic heterocycles. The van der Waals surface area contributed by atoms with Gasteiger partial charge in [0.25, 0.3) is 15.9 Å². The van der Waals surface area contributed by atoms with Gasteiger partial charge >= 0.3 is 0 Å². The number of amides is 1. The molecule has 6 rings (SSSR count). The molecule has 4 aliphatic heterocycles. The second-order valence-electron chi connectivity index (χ2n) is 10.2. The SMILES string of the molecule is Cc1cc(CN2C(=O)C(C3=NS(=O)(=O)c4cc(NS(C)(=O)=O)ccc4N3)=C(O)C3C4CCC(O4)C32)ccc1F. The zero-order chi connectivity index (χ0) is 27.9. The summed E-state index contributed by atoms with van der Waals surface area (Å²) in [7, 11) is -8.04. The van der Waals surface area contributed by atoms with Crippen LogP contribution in [0.1, 0.15) is 24.0 Å². The van der Waals surface area contributed by atoms with E-state index in [9.17, 15) is 31.1 Å². The maximum absolute atomic E-state index is 13.9. The van der Waals surface area contributed by atoms with Gasteiger partial charge in [-0.25, -0.2) is 12.8 Å². The third-order valence-corrected chi connectivity index (χ3v) is 9.40. The second kappa shape index (κ2) is 8.76. The zero-order valence-corrected chi connectivity index (χ0v) is 22.5. The number of aryl methyl sites for hydroxylation is 1. The van der Waals surface area contributed by atoms with E-state index in [1.54, 1.807) is 24.0 Å². The van der Waals surface area contributed by atoms with Crippen LogP contribution in [-0.4, -0.2) is 63.1 Å². The number of halogens is 1. The Balaban J connectivity index is 1.41. The van der Waals surface area contributed by atoms with Gasteiger partial charge in [-0.1, -0.05) is 12.1 Å². The van der Waals surface area contributed by atoms with Crippen molar-refractivity contribution < 1.29 is 35.9 Å². The highest BCUT2D eigenvalue weighted by atomic mass is 32.2. The van der Waals surface area contributed by atoms with Gasteiger partial charge in [-0.2, -0.15) is 8.42 Å². The third kappa shape index (κ3) is 4.36. The van der Waals surface area contributed by atoms with Crippen molar-refractivity contribution in [2.45, 2.75) is 49.5 Å². The molecule has 3 N–H and O–H groups in total.